The maximum absolute atomic E-state index is 13.5. The second-order valence-corrected chi connectivity index (χ2v) is 8.68. The van der Waals surface area contributed by atoms with Crippen LogP contribution in [-0.2, 0) is 0 Å². The molecule has 0 spiro atoms. The standard InChI is InChI=1S/C26H18O5S/c1-31-15-12-10-14(11-13-15)20(21-23(27)16-6-2-3-7-17(16)24(21)28)22-25(29)18-8-4-5-9-19(18)32-26(22)30/h2-13,20-21,30H,1H3. The van der Waals surface area contributed by atoms with E-state index in [1.807, 2.05) is 0 Å². The van der Waals surface area contributed by atoms with Crippen LogP contribution in [0.4, 0.5) is 0 Å². The lowest BCUT2D eigenvalue weighted by Crippen LogP contribution is -2.28. The molecule has 1 atom stereocenters. The summed E-state index contributed by atoms with van der Waals surface area (Å²) in [4.78, 5) is 40.3. The van der Waals surface area contributed by atoms with Crippen molar-refractivity contribution < 1.29 is 19.4 Å². The van der Waals surface area contributed by atoms with Gasteiger partial charge < -0.3 is 9.84 Å². The molecule has 1 heterocycles. The molecule has 0 fully saturated rings. The van der Waals surface area contributed by atoms with E-state index < -0.39 is 11.8 Å². The minimum absolute atomic E-state index is 0.0679. The van der Waals surface area contributed by atoms with Gasteiger partial charge in [-0.2, -0.15) is 0 Å². The zero-order chi connectivity index (χ0) is 22.4. The Balaban J connectivity index is 1.78. The van der Waals surface area contributed by atoms with Crippen LogP contribution in [0.5, 0.6) is 10.8 Å². The van der Waals surface area contributed by atoms with Gasteiger partial charge in [0.25, 0.3) is 0 Å². The fraction of sp³-hybridized carbons (Fsp3) is 0.115. The highest BCUT2D eigenvalue weighted by atomic mass is 32.1. The Morgan fingerprint density at radius 1 is 0.844 bits per heavy atom. The van der Waals surface area contributed by atoms with Crippen molar-refractivity contribution in [2.24, 2.45) is 5.92 Å². The Labute approximate surface area is 187 Å². The molecule has 1 aromatic heterocycles. The Bertz CT molecular complexity index is 1400. The van der Waals surface area contributed by atoms with E-state index in [0.717, 1.165) is 11.3 Å². The van der Waals surface area contributed by atoms with Gasteiger partial charge in [-0.05, 0) is 29.8 Å². The van der Waals surface area contributed by atoms with E-state index >= 15 is 0 Å². The molecule has 32 heavy (non-hydrogen) atoms. The second-order valence-electron chi connectivity index (χ2n) is 7.65. The minimum Gasteiger partial charge on any atom is -0.499 e. The van der Waals surface area contributed by atoms with Crippen molar-refractivity contribution in [2.75, 3.05) is 7.11 Å². The van der Waals surface area contributed by atoms with Crippen molar-refractivity contribution in [1.82, 2.24) is 0 Å². The maximum Gasteiger partial charge on any atom is 0.195 e. The second kappa shape index (κ2) is 7.73. The normalized spacial score (nSPS) is 14.5. The molecule has 0 saturated heterocycles. The van der Waals surface area contributed by atoms with Crippen molar-refractivity contribution in [1.29, 1.82) is 0 Å². The number of fused-ring (bicyclic) bond motifs is 2. The van der Waals surface area contributed by atoms with Gasteiger partial charge in [-0.25, -0.2) is 0 Å². The number of rotatable bonds is 4. The summed E-state index contributed by atoms with van der Waals surface area (Å²) in [5.74, 6) is -2.14. The first kappa shape index (κ1) is 20.2. The van der Waals surface area contributed by atoms with E-state index in [1.165, 1.54) is 0 Å². The molecule has 1 aliphatic rings. The SMILES string of the molecule is COc1ccc(C(c2c(O)sc3ccccc3c2=O)C2C(=O)c3ccccc3C2=O)cc1. The summed E-state index contributed by atoms with van der Waals surface area (Å²) in [6.07, 6.45) is 0. The van der Waals surface area contributed by atoms with Gasteiger partial charge in [0, 0.05) is 27.1 Å². The van der Waals surface area contributed by atoms with Crippen LogP contribution in [-0.4, -0.2) is 23.8 Å². The third kappa shape index (κ3) is 3.03. The van der Waals surface area contributed by atoms with E-state index in [4.69, 9.17) is 4.74 Å². The van der Waals surface area contributed by atoms with Crippen molar-refractivity contribution >= 4 is 33.0 Å². The molecule has 0 amide bonds. The van der Waals surface area contributed by atoms with Gasteiger partial charge in [-0.1, -0.05) is 59.9 Å². The van der Waals surface area contributed by atoms with Crippen LogP contribution >= 0.6 is 11.3 Å². The van der Waals surface area contributed by atoms with Gasteiger partial charge in [0.15, 0.2) is 22.1 Å². The number of ether oxygens (including phenoxy) is 1. The first-order valence-electron chi connectivity index (χ1n) is 10.1. The number of benzene rings is 3. The first-order valence-corrected chi connectivity index (χ1v) is 10.9. The number of hydrogen-bond acceptors (Lipinski definition) is 6. The quantitative estimate of drug-likeness (QED) is 0.459. The molecular formula is C26H18O5S. The van der Waals surface area contributed by atoms with Gasteiger partial charge in [0.2, 0.25) is 0 Å². The van der Waals surface area contributed by atoms with Gasteiger partial charge in [0.1, 0.15) is 5.75 Å². The largest absolute Gasteiger partial charge is 0.499 e. The summed E-state index contributed by atoms with van der Waals surface area (Å²) in [6, 6.07) is 20.6. The molecule has 1 N–H and O–H groups in total. The highest BCUT2D eigenvalue weighted by Crippen LogP contribution is 2.44. The van der Waals surface area contributed by atoms with Crippen LogP contribution in [0.3, 0.4) is 0 Å². The Hall–Kier alpha value is -3.77. The summed E-state index contributed by atoms with van der Waals surface area (Å²) in [6.45, 7) is 0. The molecule has 1 aliphatic carbocycles. The van der Waals surface area contributed by atoms with Gasteiger partial charge >= 0.3 is 0 Å². The summed E-state index contributed by atoms with van der Waals surface area (Å²) < 4.78 is 5.87. The smallest absolute Gasteiger partial charge is 0.195 e. The molecular weight excluding hydrogens is 424 g/mol. The summed E-state index contributed by atoms with van der Waals surface area (Å²) in [5.41, 5.74) is 0.961. The summed E-state index contributed by atoms with van der Waals surface area (Å²) in [7, 11) is 1.54. The zero-order valence-corrected chi connectivity index (χ0v) is 17.9. The average molecular weight is 442 g/mol. The molecule has 1 unspecified atom stereocenters. The number of ketones is 2. The number of Topliss-reactive ketones (excluding diaryl/α,β-unsaturated/α-hetero) is 2. The predicted molar refractivity (Wildman–Crippen MR) is 123 cm³/mol. The number of hydrogen-bond donors (Lipinski definition) is 1. The molecule has 158 valence electrons. The Morgan fingerprint density at radius 3 is 2.06 bits per heavy atom. The molecule has 0 aliphatic heterocycles. The van der Waals surface area contributed by atoms with E-state index in [2.05, 4.69) is 0 Å². The third-order valence-electron chi connectivity index (χ3n) is 5.96. The first-order chi connectivity index (χ1) is 15.5. The lowest BCUT2D eigenvalue weighted by atomic mass is 9.78. The van der Waals surface area contributed by atoms with Crippen molar-refractivity contribution in [3.63, 3.8) is 0 Å². The molecule has 3 aromatic carbocycles. The molecule has 0 saturated carbocycles. The molecule has 5 rings (SSSR count). The van der Waals surface area contributed by atoms with Gasteiger partial charge in [-0.3, -0.25) is 14.4 Å². The van der Waals surface area contributed by atoms with Crippen LogP contribution in [0.1, 0.15) is 37.8 Å². The predicted octanol–water partition coefficient (Wildman–Crippen LogP) is 4.80. The topological polar surface area (TPSA) is 80.7 Å². The van der Waals surface area contributed by atoms with Gasteiger partial charge in [0.05, 0.1) is 18.6 Å². The molecule has 5 nitrogen and oxygen atoms in total. The van der Waals surface area contributed by atoms with Crippen LogP contribution < -0.4 is 10.2 Å². The van der Waals surface area contributed by atoms with Crippen molar-refractivity contribution in [3.05, 3.63) is 105 Å². The van der Waals surface area contributed by atoms with Crippen molar-refractivity contribution in [3.8, 4) is 10.8 Å². The highest BCUT2D eigenvalue weighted by Gasteiger charge is 2.46. The van der Waals surface area contributed by atoms with E-state index in [9.17, 15) is 19.5 Å². The van der Waals surface area contributed by atoms with Crippen LogP contribution in [0.15, 0.2) is 77.6 Å². The average Bonchev–Trinajstić information content (AvgIpc) is 3.07. The number of aromatic hydroxyl groups is 1. The Morgan fingerprint density at radius 2 is 1.44 bits per heavy atom. The number of carbonyl (C=O) groups is 2. The Kier molecular flexibility index (Phi) is 4.87. The van der Waals surface area contributed by atoms with Crippen LogP contribution in [0.25, 0.3) is 10.1 Å². The molecule has 4 aromatic rings. The summed E-state index contributed by atoms with van der Waals surface area (Å²) in [5, 5.41) is 11.2. The molecule has 6 heteroatoms. The van der Waals surface area contributed by atoms with Crippen molar-refractivity contribution in [2.45, 2.75) is 5.92 Å². The van der Waals surface area contributed by atoms with Crippen LogP contribution in [0, 0.1) is 5.92 Å². The fourth-order valence-corrected chi connectivity index (χ4v) is 5.38. The van der Waals surface area contributed by atoms with E-state index in [1.54, 1.807) is 79.9 Å². The minimum atomic E-state index is -1.13. The number of carbonyl (C=O) groups excluding carboxylic acids is 2. The lowest BCUT2D eigenvalue weighted by molar-refractivity contribution is 0.0824. The number of methoxy groups -OCH3 is 1. The molecule has 0 bridgehead atoms. The van der Waals surface area contributed by atoms with Gasteiger partial charge in [-0.15, -0.1) is 0 Å². The third-order valence-corrected chi connectivity index (χ3v) is 6.94. The summed E-state index contributed by atoms with van der Waals surface area (Å²) >= 11 is 1.07. The lowest BCUT2D eigenvalue weighted by Gasteiger charge is -2.23. The highest BCUT2D eigenvalue weighted by molar-refractivity contribution is 7.20. The maximum atomic E-state index is 13.5. The monoisotopic (exact) mass is 442 g/mol. The van der Waals surface area contributed by atoms with E-state index in [-0.39, 0.29) is 27.6 Å². The van der Waals surface area contributed by atoms with E-state index in [0.29, 0.717) is 32.5 Å². The zero-order valence-electron chi connectivity index (χ0n) is 17.1. The van der Waals surface area contributed by atoms with Crippen LogP contribution in [0.2, 0.25) is 0 Å². The fourth-order valence-electron chi connectivity index (χ4n) is 4.43. The molecule has 0 radical (unpaired) electrons.